The Morgan fingerprint density at radius 2 is 0.552 bits per heavy atom. The Morgan fingerprint density at radius 1 is 0.358 bits per heavy atom. The number of aliphatic hydroxyl groups is 2. The summed E-state index contributed by atoms with van der Waals surface area (Å²) >= 11 is 3.46. The maximum Gasteiger partial charge on any atom is 1.00 e. The van der Waals surface area contributed by atoms with Gasteiger partial charge in [0.25, 0.3) is 0 Å². The van der Waals surface area contributed by atoms with E-state index in [-0.39, 0.29) is 26.3 Å². The third-order valence-corrected chi connectivity index (χ3v) is 13.2. The van der Waals surface area contributed by atoms with Crippen LogP contribution in [0.4, 0.5) is 0 Å². The van der Waals surface area contributed by atoms with Gasteiger partial charge in [-0.15, -0.1) is 0 Å². The second kappa shape index (κ2) is 46.3. The fourth-order valence-electron chi connectivity index (χ4n) is 8.33. The van der Waals surface area contributed by atoms with Crippen LogP contribution in [-0.2, 0) is 31.3 Å². The maximum absolute atomic E-state index is 12.6. The fourth-order valence-corrected chi connectivity index (χ4v) is 8.59. The van der Waals surface area contributed by atoms with Crippen molar-refractivity contribution in [1.29, 1.82) is 0 Å². The van der Waals surface area contributed by atoms with Crippen LogP contribution in [0.2, 0.25) is 0 Å². The Bertz CT molecular complexity index is 1450. The summed E-state index contributed by atoms with van der Waals surface area (Å²) in [6.07, 6.45) is 38.9. The van der Waals surface area contributed by atoms with Crippen LogP contribution in [0.25, 0.3) is 0 Å². The molecule has 4 rings (SSSR count). The van der Waals surface area contributed by atoms with Crippen molar-refractivity contribution in [3.05, 3.63) is 147 Å². The first-order chi connectivity index (χ1) is 31.9. The molecule has 0 aliphatic heterocycles. The normalized spacial score (nSPS) is 10.6. The summed E-state index contributed by atoms with van der Waals surface area (Å²) in [4.78, 5) is 0. The molecule has 4 aromatic carbocycles. The number of hydrogen-bond acceptors (Lipinski definition) is 2. The molecule has 0 aliphatic rings. The summed E-state index contributed by atoms with van der Waals surface area (Å²) in [5, 5.41) is 19.6. The van der Waals surface area contributed by atoms with Crippen molar-refractivity contribution in [1.82, 2.24) is 0 Å². The zero-order chi connectivity index (χ0) is 47.6. The summed E-state index contributed by atoms with van der Waals surface area (Å²) in [6, 6.07) is 35.2. The first-order valence-corrected chi connectivity index (χ1v) is 27.6. The molecule has 0 saturated carbocycles. The Kier molecular flexibility index (Phi) is 46.2. The molecule has 2 N–H and O–H groups in total. The average molecular weight is 978 g/mol. The molecule has 0 atom stereocenters. The van der Waals surface area contributed by atoms with Crippen LogP contribution in [0.1, 0.15) is 248 Å². The van der Waals surface area contributed by atoms with Gasteiger partial charge in [0.1, 0.15) is 5.60 Å². The number of halogens is 1. The second-order valence-electron chi connectivity index (χ2n) is 18.4. The smallest absolute Gasteiger partial charge is 0.400 e. The van der Waals surface area contributed by atoms with E-state index in [1.807, 2.05) is 0 Å². The molecule has 4 heteroatoms. The molecule has 374 valence electrons. The molecule has 0 fully saturated rings. The first kappa shape index (κ1) is 67.0. The van der Waals surface area contributed by atoms with Crippen LogP contribution in [0.3, 0.4) is 0 Å². The number of aryl methyl sites for hydroxylation is 4. The van der Waals surface area contributed by atoms with Gasteiger partial charge in [-0.25, -0.2) is 0 Å². The van der Waals surface area contributed by atoms with Crippen molar-refractivity contribution in [3.8, 4) is 0 Å². The van der Waals surface area contributed by atoms with Gasteiger partial charge in [-0.2, -0.15) is 6.42 Å². The molecular weight excluding hydrogens is 876 g/mol. The zero-order valence-corrected chi connectivity index (χ0v) is 45.5. The molecular formula is C63H102BrLiO2. The minimum absolute atomic E-state index is 0. The predicted octanol–water partition coefficient (Wildman–Crippen LogP) is 16.9. The molecule has 0 spiro atoms. The third kappa shape index (κ3) is 31.0. The van der Waals surface area contributed by atoms with Gasteiger partial charge in [0.2, 0.25) is 0 Å². The second-order valence-corrected chi connectivity index (χ2v) is 19.3. The molecule has 0 bridgehead atoms. The first-order valence-electron chi connectivity index (χ1n) is 26.8. The van der Waals surface area contributed by atoms with Gasteiger partial charge in [0, 0.05) is 11.6 Å². The molecule has 0 heterocycles. The van der Waals surface area contributed by atoms with Gasteiger partial charge >= 0.3 is 18.9 Å². The minimum Gasteiger partial charge on any atom is -0.400 e. The van der Waals surface area contributed by atoms with Crippen molar-refractivity contribution in [2.75, 3.05) is 7.11 Å². The molecule has 67 heavy (non-hydrogen) atoms. The van der Waals surface area contributed by atoms with Crippen LogP contribution in [0.5, 0.6) is 0 Å². The summed E-state index contributed by atoms with van der Waals surface area (Å²) < 4.78 is 1.18. The molecule has 2 nitrogen and oxygen atoms in total. The third-order valence-electron chi connectivity index (χ3n) is 12.7. The van der Waals surface area contributed by atoms with Gasteiger partial charge in [-0.1, -0.05) is 278 Å². The van der Waals surface area contributed by atoms with E-state index in [4.69, 9.17) is 5.11 Å². The van der Waals surface area contributed by atoms with E-state index in [2.05, 4.69) is 155 Å². The molecule has 0 amide bonds. The van der Waals surface area contributed by atoms with E-state index in [0.29, 0.717) is 0 Å². The molecule has 0 aliphatic carbocycles. The SMILES string of the molecule is C.CCCCCCCCc1ccc(Br)cc1.CCCCCCCCc1ccc(C(O)(c2ccc(CCCCCCCC)cc2)c2ccc(CCCCCCCC)cc2)cc1.CO.[CH2-]CCC.[Li+]. The van der Waals surface area contributed by atoms with E-state index in [1.54, 1.807) is 0 Å². The molecule has 0 saturated heterocycles. The van der Waals surface area contributed by atoms with E-state index in [1.165, 1.54) is 194 Å². The van der Waals surface area contributed by atoms with Crippen molar-refractivity contribution in [3.63, 3.8) is 0 Å². The van der Waals surface area contributed by atoms with E-state index in [9.17, 15) is 5.11 Å². The predicted molar refractivity (Wildman–Crippen MR) is 299 cm³/mol. The van der Waals surface area contributed by atoms with Gasteiger partial charge in [-0.05, 0) is 102 Å². The molecule has 0 unspecified atom stereocenters. The summed E-state index contributed by atoms with van der Waals surface area (Å²) in [6.45, 7) is 14.8. The van der Waals surface area contributed by atoms with Crippen molar-refractivity contribution in [2.24, 2.45) is 0 Å². The standard InChI is InChI=1S/C43H64O.C14H21Br.C4H9.CH4O.CH4.Li/c1-4-7-10-13-16-19-22-37-25-31-40(32-26-37)43(44,41-33-27-38(28-34-41)23-20-17-14-11-8-5-2)42-35-29-39(30-36-42)24-21-18-15-12-9-6-3;1-2-3-4-5-6-7-8-13-9-11-14(15)12-10-13;1-3-4-2;1-2;;/h25-36,44H,4-24H2,1-3H3;9-12H,2-8H2,1H3;1,3-4H2,2H3;2H,1H3;1H4;/q;;-1;;;+1. The van der Waals surface area contributed by atoms with Crippen LogP contribution >= 0.6 is 15.9 Å². The Hall–Kier alpha value is -2.12. The van der Waals surface area contributed by atoms with E-state index in [0.717, 1.165) is 49.5 Å². The van der Waals surface area contributed by atoms with Gasteiger partial charge in [-0.3, -0.25) is 0 Å². The van der Waals surface area contributed by atoms with Crippen LogP contribution in [0, 0.1) is 6.92 Å². The van der Waals surface area contributed by atoms with E-state index >= 15 is 0 Å². The maximum atomic E-state index is 12.6. The fraction of sp³-hybridized carbons (Fsp3) is 0.603. The van der Waals surface area contributed by atoms with Crippen molar-refractivity contribution < 1.29 is 29.1 Å². The topological polar surface area (TPSA) is 40.5 Å². The van der Waals surface area contributed by atoms with Crippen LogP contribution in [0.15, 0.2) is 102 Å². The Morgan fingerprint density at radius 3 is 0.761 bits per heavy atom. The number of aliphatic hydroxyl groups excluding tert-OH is 1. The Balaban J connectivity index is 0. The quantitative estimate of drug-likeness (QED) is 0.0222. The number of hydrogen-bond donors (Lipinski definition) is 2. The largest absolute Gasteiger partial charge is 1.00 e. The van der Waals surface area contributed by atoms with Crippen LogP contribution in [-0.4, -0.2) is 17.3 Å². The summed E-state index contributed by atoms with van der Waals surface area (Å²) in [5.41, 5.74) is 7.27. The van der Waals surface area contributed by atoms with Crippen molar-refractivity contribution in [2.45, 2.75) is 240 Å². The minimum atomic E-state index is -1.17. The molecule has 0 aromatic heterocycles. The zero-order valence-electron chi connectivity index (χ0n) is 43.9. The summed E-state index contributed by atoms with van der Waals surface area (Å²) in [5.74, 6) is 0. The van der Waals surface area contributed by atoms with Crippen LogP contribution < -0.4 is 18.9 Å². The monoisotopic (exact) mass is 977 g/mol. The molecule has 4 aromatic rings. The van der Waals surface area contributed by atoms with Gasteiger partial charge in [0.15, 0.2) is 0 Å². The van der Waals surface area contributed by atoms with E-state index < -0.39 is 5.60 Å². The van der Waals surface area contributed by atoms with Crippen molar-refractivity contribution >= 4 is 15.9 Å². The van der Waals surface area contributed by atoms with Gasteiger partial charge < -0.3 is 17.1 Å². The molecule has 0 radical (unpaired) electrons. The number of rotatable bonds is 32. The Labute approximate surface area is 437 Å². The summed E-state index contributed by atoms with van der Waals surface area (Å²) in [7, 11) is 1.00. The average Bonchev–Trinajstić information content (AvgIpc) is 3.35. The van der Waals surface area contributed by atoms with Gasteiger partial charge in [0.05, 0.1) is 0 Å². The number of benzene rings is 4. The number of unbranched alkanes of at least 4 members (excludes halogenated alkanes) is 21.